The second-order valence-corrected chi connectivity index (χ2v) is 8.73. The third-order valence-electron chi connectivity index (χ3n) is 6.53. The van der Waals surface area contributed by atoms with E-state index in [1.165, 1.54) is 5.39 Å². The van der Waals surface area contributed by atoms with Crippen LogP contribution in [0, 0.1) is 5.92 Å². The molecule has 2 heterocycles. The van der Waals surface area contributed by atoms with Crippen molar-refractivity contribution >= 4 is 28.7 Å². The highest BCUT2D eigenvalue weighted by Gasteiger charge is 2.51. The molecule has 178 valence electrons. The summed E-state index contributed by atoms with van der Waals surface area (Å²) in [6, 6.07) is 16.3. The van der Waals surface area contributed by atoms with Crippen molar-refractivity contribution in [3.05, 3.63) is 54.7 Å². The summed E-state index contributed by atoms with van der Waals surface area (Å²) < 4.78 is 5.19. The van der Waals surface area contributed by atoms with Gasteiger partial charge >= 0.3 is 11.9 Å². The van der Waals surface area contributed by atoms with E-state index in [1.54, 1.807) is 6.20 Å². The number of rotatable bonds is 8. The Bertz CT molecular complexity index is 1180. The molecule has 4 rings (SSSR count). The summed E-state index contributed by atoms with van der Waals surface area (Å²) in [4.78, 5) is 35.7. The van der Waals surface area contributed by atoms with E-state index in [4.69, 9.17) is 15.5 Å². The fourth-order valence-corrected chi connectivity index (χ4v) is 4.40. The lowest BCUT2D eigenvalue weighted by atomic mass is 9.78. The van der Waals surface area contributed by atoms with Crippen molar-refractivity contribution in [3.8, 4) is 11.3 Å². The highest BCUT2D eigenvalue weighted by Crippen LogP contribution is 2.31. The van der Waals surface area contributed by atoms with Crippen molar-refractivity contribution in [2.45, 2.75) is 38.1 Å². The molecule has 34 heavy (non-hydrogen) atoms. The fourth-order valence-electron chi connectivity index (χ4n) is 4.40. The predicted octanol–water partition coefficient (Wildman–Crippen LogP) is 3.64. The molecule has 0 saturated carbocycles. The minimum Gasteiger partial charge on any atom is -0.479 e. The Morgan fingerprint density at radius 3 is 2.59 bits per heavy atom. The lowest BCUT2D eigenvalue weighted by Gasteiger charge is -2.38. The van der Waals surface area contributed by atoms with Gasteiger partial charge in [0.2, 0.25) is 11.5 Å². The van der Waals surface area contributed by atoms with Gasteiger partial charge in [-0.25, -0.2) is 19.6 Å². The lowest BCUT2D eigenvalue weighted by Crippen LogP contribution is -2.63. The third kappa shape index (κ3) is 4.72. The van der Waals surface area contributed by atoms with Crippen LogP contribution in [0.1, 0.15) is 32.6 Å². The first-order valence-corrected chi connectivity index (χ1v) is 11.7. The molecule has 1 fully saturated rings. The molecule has 0 amide bonds. The number of esters is 1. The van der Waals surface area contributed by atoms with E-state index in [1.807, 2.05) is 36.1 Å². The number of nitrogens with two attached hydrogens (primary N) is 1. The molecule has 1 saturated heterocycles. The molecule has 0 aliphatic carbocycles. The molecule has 8 nitrogen and oxygen atoms in total. The molecule has 3 N–H and O–H groups in total. The number of carbonyl (C=O) groups is 2. The molecular formula is C26H30N4O4. The largest absolute Gasteiger partial charge is 0.479 e. The molecule has 1 aromatic heterocycles. The van der Waals surface area contributed by atoms with Crippen molar-refractivity contribution < 1.29 is 19.4 Å². The normalized spacial score (nSPS) is 16.2. The summed E-state index contributed by atoms with van der Waals surface area (Å²) in [6.45, 7) is 3.14. The maximum atomic E-state index is 12.6. The Hall–Kier alpha value is -3.52. The highest BCUT2D eigenvalue weighted by atomic mass is 16.5. The second kappa shape index (κ2) is 10.2. The smallest absolute Gasteiger partial charge is 0.338 e. The fraction of sp³-hybridized carbons (Fsp3) is 0.385. The van der Waals surface area contributed by atoms with Gasteiger partial charge in [0.1, 0.15) is 0 Å². The van der Waals surface area contributed by atoms with Crippen molar-refractivity contribution in [2.24, 2.45) is 11.7 Å². The number of nitrogens with zero attached hydrogens (tertiary/aromatic N) is 3. The number of carboxylic acid groups (broad SMARTS) is 1. The van der Waals surface area contributed by atoms with Gasteiger partial charge in [-0.15, -0.1) is 0 Å². The minimum atomic E-state index is -2.05. The molecular weight excluding hydrogens is 432 g/mol. The first kappa shape index (κ1) is 23.6. The Morgan fingerprint density at radius 1 is 1.15 bits per heavy atom. The molecule has 1 atom stereocenters. The molecule has 1 aliphatic heterocycles. The SMILES string of the molecule is CCCCOC(=O)C(N)(C(=O)O)C1CCN(c2nccc(-c3ccc4ccccc4c3)n2)CC1. The number of unbranched alkanes of at least 4 members (excludes halogenated alkanes) is 1. The maximum absolute atomic E-state index is 12.6. The second-order valence-electron chi connectivity index (χ2n) is 8.73. The van der Waals surface area contributed by atoms with E-state index in [0.717, 1.165) is 23.1 Å². The molecule has 1 unspecified atom stereocenters. The Labute approximate surface area is 198 Å². The monoisotopic (exact) mass is 462 g/mol. The number of piperidine rings is 1. The number of carbonyl (C=O) groups excluding carboxylic acids is 1. The van der Waals surface area contributed by atoms with Crippen LogP contribution in [0.3, 0.4) is 0 Å². The van der Waals surface area contributed by atoms with Gasteiger partial charge in [-0.1, -0.05) is 49.7 Å². The van der Waals surface area contributed by atoms with Gasteiger partial charge in [-0.3, -0.25) is 0 Å². The summed E-state index contributed by atoms with van der Waals surface area (Å²) >= 11 is 0. The number of fused-ring (bicyclic) bond motifs is 1. The molecule has 0 radical (unpaired) electrons. The van der Waals surface area contributed by atoms with Crippen LogP contribution < -0.4 is 10.6 Å². The van der Waals surface area contributed by atoms with Crippen LogP contribution in [0.2, 0.25) is 0 Å². The molecule has 1 aliphatic rings. The summed E-state index contributed by atoms with van der Waals surface area (Å²) in [5.41, 5.74) is 5.91. The van der Waals surface area contributed by atoms with Crippen LogP contribution in [-0.4, -0.2) is 52.2 Å². The van der Waals surface area contributed by atoms with Crippen LogP contribution >= 0.6 is 0 Å². The summed E-state index contributed by atoms with van der Waals surface area (Å²) in [6.07, 6.45) is 4.10. The van der Waals surface area contributed by atoms with Gasteiger partial charge in [0, 0.05) is 30.8 Å². The highest BCUT2D eigenvalue weighted by molar-refractivity contribution is 6.04. The first-order chi connectivity index (χ1) is 16.4. The number of anilines is 1. The minimum absolute atomic E-state index is 0.176. The Kier molecular flexibility index (Phi) is 7.07. The van der Waals surface area contributed by atoms with Gasteiger partial charge in [0.15, 0.2) is 0 Å². The molecule has 0 bridgehead atoms. The predicted molar refractivity (Wildman–Crippen MR) is 130 cm³/mol. The average Bonchev–Trinajstić information content (AvgIpc) is 2.88. The summed E-state index contributed by atoms with van der Waals surface area (Å²) in [5, 5.41) is 12.1. The number of benzene rings is 2. The standard InChI is InChI=1S/C26H30N4O4/c1-2-3-16-34-24(33)26(27,23(31)32)21-11-14-30(15-12-21)25-28-13-10-22(29-25)20-9-8-18-6-4-5-7-19(18)17-20/h4-10,13,17,21H,2-3,11-12,14-16,27H2,1H3,(H,31,32). The van der Waals surface area contributed by atoms with Gasteiger partial charge < -0.3 is 20.5 Å². The zero-order valence-electron chi connectivity index (χ0n) is 19.3. The van der Waals surface area contributed by atoms with Crippen LogP contribution in [0.4, 0.5) is 5.95 Å². The Balaban J connectivity index is 1.47. The van der Waals surface area contributed by atoms with E-state index in [0.29, 0.717) is 38.3 Å². The quantitative estimate of drug-likeness (QED) is 0.296. The van der Waals surface area contributed by atoms with Gasteiger partial charge in [0.05, 0.1) is 12.3 Å². The van der Waals surface area contributed by atoms with Gasteiger partial charge in [-0.05, 0) is 42.2 Å². The topological polar surface area (TPSA) is 119 Å². The molecule has 2 aromatic carbocycles. The zero-order valence-corrected chi connectivity index (χ0v) is 19.3. The van der Waals surface area contributed by atoms with Crippen LogP contribution in [0.15, 0.2) is 54.7 Å². The lowest BCUT2D eigenvalue weighted by molar-refractivity contribution is -0.164. The van der Waals surface area contributed by atoms with E-state index < -0.39 is 23.4 Å². The molecule has 0 spiro atoms. The van der Waals surface area contributed by atoms with E-state index in [9.17, 15) is 14.7 Å². The molecule has 3 aromatic rings. The molecule has 8 heteroatoms. The van der Waals surface area contributed by atoms with Crippen LogP contribution in [0.25, 0.3) is 22.0 Å². The number of aliphatic carboxylic acids is 1. The zero-order chi connectivity index (χ0) is 24.1. The summed E-state index contributed by atoms with van der Waals surface area (Å²) in [7, 11) is 0. The van der Waals surface area contributed by atoms with Crippen molar-refractivity contribution in [1.29, 1.82) is 0 Å². The van der Waals surface area contributed by atoms with Crippen LogP contribution in [-0.2, 0) is 14.3 Å². The summed E-state index contributed by atoms with van der Waals surface area (Å²) in [5.74, 6) is -2.16. The Morgan fingerprint density at radius 2 is 1.88 bits per heavy atom. The van der Waals surface area contributed by atoms with E-state index in [-0.39, 0.29) is 6.61 Å². The van der Waals surface area contributed by atoms with E-state index in [2.05, 4.69) is 29.2 Å². The van der Waals surface area contributed by atoms with Gasteiger partial charge in [-0.2, -0.15) is 0 Å². The maximum Gasteiger partial charge on any atom is 0.338 e. The third-order valence-corrected chi connectivity index (χ3v) is 6.53. The first-order valence-electron chi connectivity index (χ1n) is 11.7. The number of carboxylic acids is 1. The van der Waals surface area contributed by atoms with Crippen molar-refractivity contribution in [2.75, 3.05) is 24.6 Å². The number of ether oxygens (including phenoxy) is 1. The van der Waals surface area contributed by atoms with Crippen molar-refractivity contribution in [1.82, 2.24) is 9.97 Å². The van der Waals surface area contributed by atoms with Gasteiger partial charge in [0.25, 0.3) is 0 Å². The van der Waals surface area contributed by atoms with E-state index >= 15 is 0 Å². The number of hydrogen-bond acceptors (Lipinski definition) is 7. The number of aromatic nitrogens is 2. The average molecular weight is 463 g/mol. The van der Waals surface area contributed by atoms with Crippen LogP contribution in [0.5, 0.6) is 0 Å². The number of hydrogen-bond donors (Lipinski definition) is 2. The van der Waals surface area contributed by atoms with Crippen molar-refractivity contribution in [3.63, 3.8) is 0 Å².